The largest absolute Gasteiger partial charge is 0.342 e. The molecule has 1 aliphatic rings. The fourth-order valence-corrected chi connectivity index (χ4v) is 6.23. The first-order valence-electron chi connectivity index (χ1n) is 12.4. The third-order valence-electron chi connectivity index (χ3n) is 6.88. The van der Waals surface area contributed by atoms with Crippen molar-refractivity contribution < 1.29 is 4.39 Å². The summed E-state index contributed by atoms with van der Waals surface area (Å²) in [6.45, 7) is 3.33. The van der Waals surface area contributed by atoms with Crippen LogP contribution < -0.4 is 0 Å². The van der Waals surface area contributed by atoms with Gasteiger partial charge >= 0.3 is 0 Å². The number of fused-ring (bicyclic) bond motifs is 2. The summed E-state index contributed by atoms with van der Waals surface area (Å²) >= 11 is 1.63. The molecular formula is C31H25FN4S. The summed E-state index contributed by atoms with van der Waals surface area (Å²) in [6.07, 6.45) is 4.83. The molecule has 0 unspecified atom stereocenters. The number of para-hydroxylation sites is 1. The van der Waals surface area contributed by atoms with Crippen LogP contribution in [0, 0.1) is 17.1 Å². The van der Waals surface area contributed by atoms with E-state index < -0.39 is 0 Å². The van der Waals surface area contributed by atoms with Gasteiger partial charge in [0.15, 0.2) is 0 Å². The Kier molecular flexibility index (Phi) is 6.40. The lowest BCUT2D eigenvalue weighted by Crippen LogP contribution is -2.29. The molecule has 0 atom stereocenters. The maximum Gasteiger partial charge on any atom is 0.134 e. The van der Waals surface area contributed by atoms with E-state index in [1.54, 1.807) is 11.3 Å². The fraction of sp³-hybridized carbons (Fsp3) is 0.161. The summed E-state index contributed by atoms with van der Waals surface area (Å²) in [4.78, 5) is 8.51. The van der Waals surface area contributed by atoms with Crippen molar-refractivity contribution in [2.24, 2.45) is 4.99 Å². The summed E-state index contributed by atoms with van der Waals surface area (Å²) in [5, 5.41) is 11.8. The van der Waals surface area contributed by atoms with Crippen LogP contribution in [-0.2, 0) is 26.1 Å². The van der Waals surface area contributed by atoms with E-state index in [0.717, 1.165) is 58.6 Å². The van der Waals surface area contributed by atoms with Gasteiger partial charge in [0.25, 0.3) is 0 Å². The van der Waals surface area contributed by atoms with Gasteiger partial charge < -0.3 is 4.57 Å². The van der Waals surface area contributed by atoms with E-state index in [9.17, 15) is 9.65 Å². The van der Waals surface area contributed by atoms with Gasteiger partial charge in [0.05, 0.1) is 5.56 Å². The molecule has 3 heterocycles. The van der Waals surface area contributed by atoms with Crippen molar-refractivity contribution in [3.8, 4) is 6.07 Å². The number of halogens is 1. The molecule has 6 rings (SSSR count). The predicted octanol–water partition coefficient (Wildman–Crippen LogP) is 7.07. The SMILES string of the molecule is N#Cc1c(N=Cc2cn(Cc3ccc(F)cc3)c3ccccc23)sc2c1CCN(Cc1ccccc1)C2. The van der Waals surface area contributed by atoms with Crippen LogP contribution in [0.4, 0.5) is 9.39 Å². The molecule has 0 fully saturated rings. The van der Waals surface area contributed by atoms with E-state index in [1.165, 1.54) is 22.6 Å². The summed E-state index contributed by atoms with van der Waals surface area (Å²) in [7, 11) is 0. The van der Waals surface area contributed by atoms with Crippen molar-refractivity contribution in [3.05, 3.63) is 124 Å². The van der Waals surface area contributed by atoms with E-state index in [1.807, 2.05) is 36.5 Å². The Hall–Kier alpha value is -4.05. The zero-order valence-electron chi connectivity index (χ0n) is 20.3. The Morgan fingerprint density at radius 2 is 1.70 bits per heavy atom. The second-order valence-corrected chi connectivity index (χ2v) is 10.4. The van der Waals surface area contributed by atoms with Crippen molar-refractivity contribution in [2.75, 3.05) is 6.54 Å². The highest BCUT2D eigenvalue weighted by molar-refractivity contribution is 7.16. The Bertz CT molecular complexity index is 1620. The van der Waals surface area contributed by atoms with Gasteiger partial charge in [0.1, 0.15) is 16.9 Å². The number of benzene rings is 3. The minimum atomic E-state index is -0.232. The van der Waals surface area contributed by atoms with Crippen LogP contribution in [-0.4, -0.2) is 22.2 Å². The molecule has 0 radical (unpaired) electrons. The molecule has 3 aromatic carbocycles. The first kappa shape index (κ1) is 23.4. The minimum absolute atomic E-state index is 0.232. The molecule has 1 aliphatic heterocycles. The lowest BCUT2D eigenvalue weighted by atomic mass is 10.0. The lowest BCUT2D eigenvalue weighted by Gasteiger charge is -2.26. The standard InChI is InChI=1S/C31H25FN4S/c32-25-12-10-23(11-13-25)19-36-20-24(26-8-4-5-9-29(26)36)17-34-31-28(16-33)27-14-15-35(21-30(27)37-31)18-22-6-2-1-3-7-22/h1-13,17,20H,14-15,18-19,21H2. The molecule has 182 valence electrons. The molecule has 0 spiro atoms. The maximum absolute atomic E-state index is 13.4. The Morgan fingerprint density at radius 3 is 2.51 bits per heavy atom. The van der Waals surface area contributed by atoms with Gasteiger partial charge in [-0.25, -0.2) is 9.38 Å². The van der Waals surface area contributed by atoms with E-state index in [-0.39, 0.29) is 5.82 Å². The average molecular weight is 505 g/mol. The third-order valence-corrected chi connectivity index (χ3v) is 8.01. The van der Waals surface area contributed by atoms with E-state index >= 15 is 0 Å². The zero-order valence-corrected chi connectivity index (χ0v) is 21.1. The predicted molar refractivity (Wildman–Crippen MR) is 148 cm³/mol. The molecule has 0 aliphatic carbocycles. The Labute approximate surface area is 219 Å². The zero-order chi connectivity index (χ0) is 25.2. The molecule has 5 aromatic rings. The van der Waals surface area contributed by atoms with Gasteiger partial charge in [-0.3, -0.25) is 4.90 Å². The van der Waals surface area contributed by atoms with Crippen LogP contribution in [0.15, 0.2) is 90.1 Å². The van der Waals surface area contributed by atoms with E-state index in [4.69, 9.17) is 4.99 Å². The van der Waals surface area contributed by atoms with Crippen molar-refractivity contribution in [2.45, 2.75) is 26.1 Å². The number of hydrogen-bond acceptors (Lipinski definition) is 4. The average Bonchev–Trinajstić information content (AvgIpc) is 3.46. The van der Waals surface area contributed by atoms with Gasteiger partial charge in [-0.2, -0.15) is 5.26 Å². The van der Waals surface area contributed by atoms with E-state index in [2.05, 4.69) is 58.1 Å². The number of thiophene rings is 1. The van der Waals surface area contributed by atoms with Crippen molar-refractivity contribution in [1.29, 1.82) is 5.26 Å². The summed E-state index contributed by atoms with van der Waals surface area (Å²) in [5.74, 6) is -0.232. The summed E-state index contributed by atoms with van der Waals surface area (Å²) in [5.41, 5.74) is 6.30. The molecule has 0 saturated carbocycles. The highest BCUT2D eigenvalue weighted by Gasteiger charge is 2.24. The number of nitriles is 1. The third kappa shape index (κ3) is 4.84. The number of hydrogen-bond donors (Lipinski definition) is 0. The van der Waals surface area contributed by atoms with Gasteiger partial charge in [-0.1, -0.05) is 60.7 Å². The summed E-state index contributed by atoms with van der Waals surface area (Å²) < 4.78 is 15.5. The molecule has 4 nitrogen and oxygen atoms in total. The number of aromatic nitrogens is 1. The molecule has 37 heavy (non-hydrogen) atoms. The number of nitrogens with zero attached hydrogens (tertiary/aromatic N) is 4. The molecule has 0 saturated heterocycles. The van der Waals surface area contributed by atoms with Gasteiger partial charge in [0, 0.05) is 59.9 Å². The molecular weight excluding hydrogens is 479 g/mol. The number of rotatable bonds is 6. The highest BCUT2D eigenvalue weighted by atomic mass is 32.1. The topological polar surface area (TPSA) is 44.3 Å². The second-order valence-electron chi connectivity index (χ2n) is 9.36. The molecule has 2 aromatic heterocycles. The second kappa shape index (κ2) is 10.1. The van der Waals surface area contributed by atoms with Crippen LogP contribution in [0.2, 0.25) is 0 Å². The van der Waals surface area contributed by atoms with Crippen LogP contribution in [0.3, 0.4) is 0 Å². The van der Waals surface area contributed by atoms with Crippen LogP contribution in [0.25, 0.3) is 10.9 Å². The van der Waals surface area contributed by atoms with Crippen molar-refractivity contribution in [3.63, 3.8) is 0 Å². The lowest BCUT2D eigenvalue weighted by molar-refractivity contribution is 0.249. The van der Waals surface area contributed by atoms with E-state index in [0.29, 0.717) is 12.1 Å². The normalized spacial score (nSPS) is 13.7. The summed E-state index contributed by atoms with van der Waals surface area (Å²) in [6, 6.07) is 27.8. The number of aliphatic imine (C=N–C) groups is 1. The Balaban J connectivity index is 1.27. The molecule has 0 N–H and O–H groups in total. The first-order valence-corrected chi connectivity index (χ1v) is 13.2. The molecule has 0 amide bonds. The molecule has 0 bridgehead atoms. The Morgan fingerprint density at radius 1 is 0.946 bits per heavy atom. The van der Waals surface area contributed by atoms with Crippen LogP contribution in [0.1, 0.15) is 32.7 Å². The minimum Gasteiger partial charge on any atom is -0.342 e. The highest BCUT2D eigenvalue weighted by Crippen LogP contribution is 2.39. The van der Waals surface area contributed by atoms with Gasteiger partial charge in [-0.05, 0) is 41.3 Å². The van der Waals surface area contributed by atoms with Crippen molar-refractivity contribution in [1.82, 2.24) is 9.47 Å². The maximum atomic E-state index is 13.4. The monoisotopic (exact) mass is 504 g/mol. The quantitative estimate of drug-likeness (QED) is 0.232. The molecule has 6 heteroatoms. The van der Waals surface area contributed by atoms with Crippen LogP contribution >= 0.6 is 11.3 Å². The fourth-order valence-electron chi connectivity index (χ4n) is 5.05. The van der Waals surface area contributed by atoms with Crippen molar-refractivity contribution >= 4 is 33.5 Å². The van der Waals surface area contributed by atoms with Crippen LogP contribution in [0.5, 0.6) is 0 Å². The van der Waals surface area contributed by atoms with Gasteiger partial charge in [-0.15, -0.1) is 11.3 Å². The van der Waals surface area contributed by atoms with Gasteiger partial charge in [0.2, 0.25) is 0 Å². The first-order chi connectivity index (χ1) is 18.2. The smallest absolute Gasteiger partial charge is 0.134 e.